The number of carboxylic acids is 2. The third-order valence-electron chi connectivity index (χ3n) is 10.3. The van der Waals surface area contributed by atoms with E-state index in [9.17, 15) is 61.4 Å². The van der Waals surface area contributed by atoms with Crippen LogP contribution in [0.3, 0.4) is 0 Å². The number of halogens is 3. The number of alkyl halides is 3. The van der Waals surface area contributed by atoms with Gasteiger partial charge in [0.2, 0.25) is 35.4 Å². The molecule has 0 radical (unpaired) electrons. The Balaban J connectivity index is 2.50. The molecule has 8 N–H and O–H groups in total. The Morgan fingerprint density at radius 2 is 1.31 bits per heavy atom. The molecule has 1 aromatic rings. The van der Waals surface area contributed by atoms with Gasteiger partial charge in [0.25, 0.3) is 0 Å². The van der Waals surface area contributed by atoms with Gasteiger partial charge in [-0.1, -0.05) is 78.1 Å². The lowest BCUT2D eigenvalue weighted by molar-refractivity contribution is -0.147. The second-order valence-electron chi connectivity index (χ2n) is 17.3. The molecule has 0 heterocycles. The zero-order chi connectivity index (χ0) is 46.9. The lowest BCUT2D eigenvalue weighted by Crippen LogP contribution is -2.63. The molecule has 17 nitrogen and oxygen atoms in total. The van der Waals surface area contributed by atoms with E-state index in [0.29, 0.717) is 31.2 Å². The number of hydrogen-bond acceptors (Lipinski definition) is 9. The Kier molecular flexibility index (Phi) is 20.5. The number of aryl methyl sites for hydroxylation is 1. The number of benzene rings is 1. The van der Waals surface area contributed by atoms with Crippen molar-refractivity contribution in [1.29, 1.82) is 0 Å². The van der Waals surface area contributed by atoms with Crippen molar-refractivity contribution in [2.24, 2.45) is 17.3 Å². The molecule has 1 fully saturated rings. The molecular weight excluding hydrogens is 821 g/mol. The molecule has 1 saturated carbocycles. The number of aldehydes is 1. The molecular formula is C42H61F3N6O11. The molecule has 0 saturated heterocycles. The molecule has 6 amide bonds. The van der Waals surface area contributed by atoms with Gasteiger partial charge in [-0.05, 0) is 54.6 Å². The van der Waals surface area contributed by atoms with Crippen molar-refractivity contribution in [3.05, 3.63) is 35.4 Å². The van der Waals surface area contributed by atoms with Crippen LogP contribution >= 0.6 is 0 Å². The van der Waals surface area contributed by atoms with Gasteiger partial charge in [-0.15, -0.1) is 0 Å². The van der Waals surface area contributed by atoms with E-state index in [0.717, 1.165) is 12.0 Å². The topological polar surface area (TPSA) is 266 Å². The maximum absolute atomic E-state index is 14.4. The summed E-state index contributed by atoms with van der Waals surface area (Å²) >= 11 is 0. The quantitative estimate of drug-likeness (QED) is 0.0741. The Labute approximate surface area is 358 Å². The molecule has 0 aromatic heterocycles. The second-order valence-corrected chi connectivity index (χ2v) is 17.3. The molecule has 20 heteroatoms. The van der Waals surface area contributed by atoms with Crippen LogP contribution in [0.5, 0.6) is 0 Å². The maximum atomic E-state index is 14.4. The predicted octanol–water partition coefficient (Wildman–Crippen LogP) is 2.61. The number of hydrogen-bond donors (Lipinski definition) is 8. The van der Waals surface area contributed by atoms with Gasteiger partial charge in [-0.2, -0.15) is 13.2 Å². The molecule has 0 bridgehead atoms. The maximum Gasteiger partial charge on any atom is 0.391 e. The number of amides is 6. The lowest BCUT2D eigenvalue weighted by atomic mass is 9.83. The summed E-state index contributed by atoms with van der Waals surface area (Å²) in [6.45, 7) is 10.0. The fourth-order valence-corrected chi connectivity index (χ4v) is 7.06. The monoisotopic (exact) mass is 882 g/mol. The van der Waals surface area contributed by atoms with Crippen molar-refractivity contribution in [2.75, 3.05) is 0 Å². The summed E-state index contributed by atoms with van der Waals surface area (Å²) in [6, 6.07) is -2.15. The summed E-state index contributed by atoms with van der Waals surface area (Å²) in [7, 11) is 0. The van der Waals surface area contributed by atoms with Crippen molar-refractivity contribution < 1.29 is 66.5 Å². The Bertz CT molecular complexity index is 1760. The summed E-state index contributed by atoms with van der Waals surface area (Å²) < 4.78 is 39.2. The number of carbonyl (C=O) groups is 9. The van der Waals surface area contributed by atoms with E-state index in [1.807, 2.05) is 5.32 Å². The molecule has 2 rings (SSSR count). The summed E-state index contributed by atoms with van der Waals surface area (Å²) in [5.41, 5.74) is 0.314. The van der Waals surface area contributed by atoms with Gasteiger partial charge < -0.3 is 46.9 Å². The SMILES string of the molecule is Cc1ccccc1C[C@H](NC(=O)C(NC(=O)[C@H](CC(=O)O)NC(=O)CCC(=O)O)C1CCCCC1)C(=O)N[C@H](C(=O)N[C@@H](CC(C)C)C(=O)N[C@H](C=O)CC(F)(F)F)C(C)(C)C. The van der Waals surface area contributed by atoms with Crippen LogP contribution in [-0.2, 0) is 49.6 Å². The van der Waals surface area contributed by atoms with Crippen molar-refractivity contribution in [2.45, 2.75) is 155 Å². The van der Waals surface area contributed by atoms with Gasteiger partial charge in [0.15, 0.2) is 0 Å². The molecule has 346 valence electrons. The summed E-state index contributed by atoms with van der Waals surface area (Å²) in [4.78, 5) is 116. The second kappa shape index (κ2) is 24.2. The Hall–Kier alpha value is -5.56. The smallest absolute Gasteiger partial charge is 0.391 e. The van der Waals surface area contributed by atoms with E-state index in [1.165, 1.54) is 0 Å². The van der Waals surface area contributed by atoms with Gasteiger partial charge in [0.1, 0.15) is 36.5 Å². The van der Waals surface area contributed by atoms with Crippen LogP contribution in [0.25, 0.3) is 0 Å². The first-order chi connectivity index (χ1) is 28.8. The highest BCUT2D eigenvalue weighted by Gasteiger charge is 2.40. The molecule has 0 spiro atoms. The van der Waals surface area contributed by atoms with Crippen LogP contribution in [0.1, 0.15) is 110 Å². The van der Waals surface area contributed by atoms with E-state index in [1.54, 1.807) is 65.8 Å². The largest absolute Gasteiger partial charge is 0.481 e. The zero-order valence-electron chi connectivity index (χ0n) is 36.0. The highest BCUT2D eigenvalue weighted by Crippen LogP contribution is 2.28. The molecule has 62 heavy (non-hydrogen) atoms. The van der Waals surface area contributed by atoms with E-state index < -0.39 is 127 Å². The van der Waals surface area contributed by atoms with Crippen LogP contribution in [0.15, 0.2) is 24.3 Å². The Morgan fingerprint density at radius 3 is 1.84 bits per heavy atom. The molecule has 1 aromatic carbocycles. The first-order valence-electron chi connectivity index (χ1n) is 20.6. The molecule has 6 atom stereocenters. The number of nitrogens with one attached hydrogen (secondary N) is 6. The minimum atomic E-state index is -4.77. The molecule has 1 unspecified atom stereocenters. The van der Waals surface area contributed by atoms with Gasteiger partial charge in [-0.25, -0.2) is 0 Å². The molecule has 1 aliphatic rings. The van der Waals surface area contributed by atoms with Gasteiger partial charge in [0.05, 0.1) is 25.3 Å². The normalized spacial score (nSPS) is 16.3. The zero-order valence-corrected chi connectivity index (χ0v) is 36.0. The number of aliphatic carboxylic acids is 2. The summed E-state index contributed by atoms with van der Waals surface area (Å²) in [6.07, 6.45) is -5.42. The van der Waals surface area contributed by atoms with E-state index in [2.05, 4.69) is 26.6 Å². The van der Waals surface area contributed by atoms with E-state index in [-0.39, 0.29) is 25.0 Å². The minimum Gasteiger partial charge on any atom is -0.481 e. The molecule has 0 aliphatic heterocycles. The van der Waals surface area contributed by atoms with Crippen molar-refractivity contribution in [3.8, 4) is 0 Å². The van der Waals surface area contributed by atoms with Gasteiger partial charge in [-0.3, -0.25) is 38.4 Å². The highest BCUT2D eigenvalue weighted by atomic mass is 19.4. The highest BCUT2D eigenvalue weighted by molar-refractivity contribution is 5.97. The number of carboxylic acid groups (broad SMARTS) is 2. The standard InChI is InChI=1S/C42H61F3N6O11/c1-23(2)18-28(36(58)46-27(22-52)21-42(43,44)45)49-40(62)35(41(4,5)6)51-38(60)29(19-26-15-11-10-12-24(26)3)48-39(61)34(25-13-8-7-9-14-25)50-37(59)30(20-33(56)57)47-31(53)16-17-32(54)55/h10-12,15,22-23,25,27-30,34-35H,7-9,13-14,16-21H2,1-6H3,(H,46,58)(H,47,53)(H,48,61)(H,49,62)(H,50,59)(H,51,60)(H,54,55)(H,56,57)/t27-,28-,29-,30-,34?,35+/m0/s1. The third kappa shape index (κ3) is 18.6. The Morgan fingerprint density at radius 1 is 0.726 bits per heavy atom. The van der Waals surface area contributed by atoms with Crippen molar-refractivity contribution >= 4 is 53.7 Å². The van der Waals surface area contributed by atoms with E-state index >= 15 is 0 Å². The predicted molar refractivity (Wildman–Crippen MR) is 218 cm³/mol. The fraction of sp³-hybridized carbons (Fsp3) is 0.643. The fourth-order valence-electron chi connectivity index (χ4n) is 7.06. The summed E-state index contributed by atoms with van der Waals surface area (Å²) in [5, 5.41) is 33.2. The van der Waals surface area contributed by atoms with Gasteiger partial charge in [0, 0.05) is 12.8 Å². The first kappa shape index (κ1) is 52.6. The first-order valence-corrected chi connectivity index (χ1v) is 20.6. The van der Waals surface area contributed by atoms with Crippen LogP contribution in [-0.4, -0.2) is 106 Å². The van der Waals surface area contributed by atoms with Crippen LogP contribution < -0.4 is 31.9 Å². The van der Waals surface area contributed by atoms with E-state index in [4.69, 9.17) is 5.11 Å². The third-order valence-corrected chi connectivity index (χ3v) is 10.3. The summed E-state index contributed by atoms with van der Waals surface area (Å²) in [5.74, 6) is -9.01. The minimum absolute atomic E-state index is 0.0421. The van der Waals surface area contributed by atoms with Crippen molar-refractivity contribution in [1.82, 2.24) is 31.9 Å². The van der Waals surface area contributed by atoms with Crippen LogP contribution in [0, 0.1) is 24.2 Å². The average Bonchev–Trinajstić information content (AvgIpc) is 3.16. The average molecular weight is 883 g/mol. The molecule has 1 aliphatic carbocycles. The van der Waals surface area contributed by atoms with Crippen LogP contribution in [0.2, 0.25) is 0 Å². The lowest BCUT2D eigenvalue weighted by Gasteiger charge is -2.34. The van der Waals surface area contributed by atoms with Crippen molar-refractivity contribution in [3.63, 3.8) is 0 Å². The number of carbonyl (C=O) groups excluding carboxylic acids is 7. The number of rotatable bonds is 23. The van der Waals surface area contributed by atoms with Crippen LogP contribution in [0.4, 0.5) is 13.2 Å². The van der Waals surface area contributed by atoms with Gasteiger partial charge >= 0.3 is 18.1 Å².